The summed E-state index contributed by atoms with van der Waals surface area (Å²) in [4.78, 5) is 0. The minimum atomic E-state index is -3.20. The second-order valence-corrected chi connectivity index (χ2v) is 5.64. The van der Waals surface area contributed by atoms with E-state index in [0.29, 0.717) is 24.6 Å². The van der Waals surface area contributed by atoms with Crippen molar-refractivity contribution in [3.63, 3.8) is 0 Å². The normalized spacial score (nSPS) is 11.7. The zero-order valence-electron chi connectivity index (χ0n) is 10.3. The van der Waals surface area contributed by atoms with E-state index in [0.717, 1.165) is 5.69 Å². The van der Waals surface area contributed by atoms with Crippen LogP contribution in [0.25, 0.3) is 0 Å². The molecule has 0 unspecified atom stereocenters. The Morgan fingerprint density at radius 3 is 2.59 bits per heavy atom. The molecule has 0 spiro atoms. The topological polar surface area (TPSA) is 102 Å². The molecule has 0 bridgehead atoms. The molecule has 7 nitrogen and oxygen atoms in total. The number of nitrogens with zero attached hydrogens (tertiary/aromatic N) is 2. The highest BCUT2D eigenvalue weighted by molar-refractivity contribution is 7.89. The van der Waals surface area contributed by atoms with E-state index in [1.54, 1.807) is 25.6 Å². The van der Waals surface area contributed by atoms with E-state index in [4.69, 9.17) is 5.73 Å². The van der Waals surface area contributed by atoms with Gasteiger partial charge in [-0.2, -0.15) is 5.10 Å². The molecule has 0 fully saturated rings. The Balaban J connectivity index is 2.57. The number of hydrogen-bond donors (Lipinski definition) is 3. The molecule has 1 aromatic heterocycles. The van der Waals surface area contributed by atoms with Gasteiger partial charge in [0.05, 0.1) is 17.1 Å². The van der Waals surface area contributed by atoms with Gasteiger partial charge in [0, 0.05) is 20.1 Å². The number of anilines is 2. The highest BCUT2D eigenvalue weighted by Crippen LogP contribution is 2.20. The lowest BCUT2D eigenvalue weighted by atomic mass is 10.4. The summed E-state index contributed by atoms with van der Waals surface area (Å²) in [6.07, 6.45) is 0. The fourth-order valence-electron chi connectivity index (χ4n) is 1.48. The quantitative estimate of drug-likeness (QED) is 0.650. The van der Waals surface area contributed by atoms with Gasteiger partial charge in [-0.1, -0.05) is 6.92 Å². The predicted molar refractivity (Wildman–Crippen MR) is 68.3 cm³/mol. The lowest BCUT2D eigenvalue weighted by Crippen LogP contribution is -2.29. The van der Waals surface area contributed by atoms with E-state index in [1.165, 1.54) is 0 Å². The van der Waals surface area contributed by atoms with Crippen LogP contribution in [0.5, 0.6) is 0 Å². The van der Waals surface area contributed by atoms with Gasteiger partial charge in [-0.15, -0.1) is 0 Å². The van der Waals surface area contributed by atoms with Crippen molar-refractivity contribution < 1.29 is 8.42 Å². The molecule has 98 valence electrons. The van der Waals surface area contributed by atoms with Gasteiger partial charge in [0.1, 0.15) is 5.82 Å². The highest BCUT2D eigenvalue weighted by atomic mass is 32.2. The number of hydrogen-bond acceptors (Lipinski definition) is 5. The first-order valence-electron chi connectivity index (χ1n) is 5.37. The summed E-state index contributed by atoms with van der Waals surface area (Å²) >= 11 is 0. The lowest BCUT2D eigenvalue weighted by molar-refractivity contribution is 0.584. The van der Waals surface area contributed by atoms with Crippen LogP contribution in [-0.4, -0.2) is 37.0 Å². The molecular weight excluding hydrogens is 242 g/mol. The van der Waals surface area contributed by atoms with Crippen molar-refractivity contribution in [1.29, 1.82) is 0 Å². The number of sulfonamides is 1. The number of aromatic nitrogens is 2. The third-order valence-electron chi connectivity index (χ3n) is 2.30. The molecule has 17 heavy (non-hydrogen) atoms. The third-order valence-corrected chi connectivity index (χ3v) is 3.77. The van der Waals surface area contributed by atoms with E-state index in [9.17, 15) is 8.42 Å². The molecule has 0 atom stereocenters. The Bertz CT molecular complexity index is 480. The minimum Gasteiger partial charge on any atom is -0.394 e. The molecule has 0 aliphatic carbocycles. The van der Waals surface area contributed by atoms with Gasteiger partial charge < -0.3 is 11.1 Å². The summed E-state index contributed by atoms with van der Waals surface area (Å²) in [7, 11) is -1.45. The Hall–Kier alpha value is -1.28. The number of aryl methyl sites for hydroxylation is 2. The molecule has 1 rings (SSSR count). The largest absolute Gasteiger partial charge is 0.394 e. The number of nitrogens with two attached hydrogens (primary N) is 1. The Morgan fingerprint density at radius 1 is 1.47 bits per heavy atom. The molecule has 1 aromatic rings. The average Bonchev–Trinajstić information content (AvgIpc) is 2.44. The summed E-state index contributed by atoms with van der Waals surface area (Å²) in [6, 6.07) is 0. The van der Waals surface area contributed by atoms with E-state index in [2.05, 4.69) is 15.1 Å². The molecule has 0 aliphatic rings. The number of nitrogens with one attached hydrogen (secondary N) is 2. The van der Waals surface area contributed by atoms with Gasteiger partial charge in [-0.05, 0) is 6.92 Å². The van der Waals surface area contributed by atoms with Gasteiger partial charge in [-0.25, -0.2) is 13.1 Å². The van der Waals surface area contributed by atoms with Crippen LogP contribution < -0.4 is 15.8 Å². The first-order chi connectivity index (χ1) is 7.87. The van der Waals surface area contributed by atoms with Crippen molar-refractivity contribution in [2.75, 3.05) is 29.9 Å². The van der Waals surface area contributed by atoms with Gasteiger partial charge in [-0.3, -0.25) is 4.68 Å². The van der Waals surface area contributed by atoms with Crippen LogP contribution >= 0.6 is 0 Å². The molecule has 0 amide bonds. The van der Waals surface area contributed by atoms with Crippen molar-refractivity contribution in [3.8, 4) is 0 Å². The van der Waals surface area contributed by atoms with E-state index in [-0.39, 0.29) is 5.75 Å². The first-order valence-corrected chi connectivity index (χ1v) is 7.03. The number of rotatable bonds is 6. The zero-order chi connectivity index (χ0) is 13.1. The third kappa shape index (κ3) is 3.60. The summed E-state index contributed by atoms with van der Waals surface area (Å²) in [5.74, 6) is 0.652. The van der Waals surface area contributed by atoms with Crippen LogP contribution in [0.15, 0.2) is 0 Å². The van der Waals surface area contributed by atoms with Crippen molar-refractivity contribution in [1.82, 2.24) is 14.5 Å². The maximum Gasteiger partial charge on any atom is 0.213 e. The van der Waals surface area contributed by atoms with Crippen LogP contribution in [0.2, 0.25) is 0 Å². The highest BCUT2D eigenvalue weighted by Gasteiger charge is 2.12. The van der Waals surface area contributed by atoms with Crippen LogP contribution in [0.4, 0.5) is 11.5 Å². The van der Waals surface area contributed by atoms with E-state index < -0.39 is 10.0 Å². The van der Waals surface area contributed by atoms with Crippen molar-refractivity contribution in [2.45, 2.75) is 13.8 Å². The molecule has 1 heterocycles. The molecule has 0 aliphatic heterocycles. The Morgan fingerprint density at radius 2 is 2.12 bits per heavy atom. The van der Waals surface area contributed by atoms with Crippen molar-refractivity contribution in [3.05, 3.63) is 5.69 Å². The summed E-state index contributed by atoms with van der Waals surface area (Å²) < 4.78 is 26.8. The minimum absolute atomic E-state index is 0.00447. The standard InChI is InChI=1S/C9H19N5O2S/c1-4-12-17(15,16)6-5-11-9-8(10)7(2)13-14(9)3/h11-12H,4-6,10H2,1-3H3. The lowest BCUT2D eigenvalue weighted by Gasteiger charge is -2.08. The monoisotopic (exact) mass is 261 g/mol. The fourth-order valence-corrected chi connectivity index (χ4v) is 2.44. The van der Waals surface area contributed by atoms with Gasteiger partial charge in [0.15, 0.2) is 0 Å². The van der Waals surface area contributed by atoms with E-state index in [1.807, 2.05) is 0 Å². The molecule has 4 N–H and O–H groups in total. The second kappa shape index (κ2) is 5.37. The zero-order valence-corrected chi connectivity index (χ0v) is 11.1. The van der Waals surface area contributed by atoms with Crippen LogP contribution in [0.3, 0.4) is 0 Å². The summed E-state index contributed by atoms with van der Waals surface area (Å²) in [5, 5.41) is 7.10. The van der Waals surface area contributed by atoms with E-state index >= 15 is 0 Å². The molecule has 0 saturated heterocycles. The van der Waals surface area contributed by atoms with Crippen molar-refractivity contribution in [2.24, 2.45) is 7.05 Å². The summed E-state index contributed by atoms with van der Waals surface area (Å²) in [5.41, 5.74) is 7.08. The van der Waals surface area contributed by atoms with Crippen LogP contribution in [0.1, 0.15) is 12.6 Å². The van der Waals surface area contributed by atoms with Gasteiger partial charge >= 0.3 is 0 Å². The fraction of sp³-hybridized carbons (Fsp3) is 0.667. The maximum absolute atomic E-state index is 11.4. The van der Waals surface area contributed by atoms with Crippen LogP contribution in [0, 0.1) is 6.92 Å². The SMILES string of the molecule is CCNS(=O)(=O)CCNc1c(N)c(C)nn1C. The average molecular weight is 261 g/mol. The Kier molecular flexibility index (Phi) is 4.35. The molecule has 8 heteroatoms. The van der Waals surface area contributed by atoms with Gasteiger partial charge in [0.25, 0.3) is 0 Å². The summed E-state index contributed by atoms with van der Waals surface area (Å²) in [6.45, 7) is 4.23. The smallest absolute Gasteiger partial charge is 0.213 e. The predicted octanol–water partition coefficient (Wildman–Crippen LogP) is -0.338. The first kappa shape index (κ1) is 13.8. The van der Waals surface area contributed by atoms with Gasteiger partial charge in [0.2, 0.25) is 10.0 Å². The number of nitrogen functional groups attached to an aromatic ring is 1. The molecule has 0 saturated carbocycles. The molecular formula is C9H19N5O2S. The van der Waals surface area contributed by atoms with Crippen LogP contribution in [-0.2, 0) is 17.1 Å². The molecule has 0 radical (unpaired) electrons. The molecule has 0 aromatic carbocycles. The second-order valence-electron chi connectivity index (χ2n) is 3.71. The van der Waals surface area contributed by atoms with Crippen molar-refractivity contribution >= 4 is 21.5 Å². The Labute approximate surface area is 101 Å². The maximum atomic E-state index is 11.4.